The molecule has 0 saturated heterocycles. The number of carbonyl (C=O) groups is 1. The summed E-state index contributed by atoms with van der Waals surface area (Å²) in [6, 6.07) is 17.9. The lowest BCUT2D eigenvalue weighted by molar-refractivity contribution is 0.0954. The van der Waals surface area contributed by atoms with E-state index in [9.17, 15) is 4.79 Å². The molecular formula is C21H27N3O. The summed E-state index contributed by atoms with van der Waals surface area (Å²) in [4.78, 5) is 14.5. The Labute approximate surface area is 150 Å². The predicted molar refractivity (Wildman–Crippen MR) is 105 cm³/mol. The lowest BCUT2D eigenvalue weighted by Crippen LogP contribution is -2.22. The molecule has 132 valence electrons. The number of benzene rings is 2. The van der Waals surface area contributed by atoms with Gasteiger partial charge in [0.25, 0.3) is 5.91 Å². The normalized spacial score (nSPS) is 11.2. The van der Waals surface area contributed by atoms with Crippen molar-refractivity contribution in [2.75, 3.05) is 18.0 Å². The topological polar surface area (TPSA) is 44.7 Å². The zero-order valence-electron chi connectivity index (χ0n) is 15.3. The van der Waals surface area contributed by atoms with Crippen LogP contribution in [0.4, 0.5) is 5.69 Å². The molecule has 4 nitrogen and oxygen atoms in total. The minimum atomic E-state index is -0.176. The fourth-order valence-corrected chi connectivity index (χ4v) is 2.65. The Kier molecular flexibility index (Phi) is 7.20. The van der Waals surface area contributed by atoms with Gasteiger partial charge in [0, 0.05) is 30.1 Å². The number of rotatable bonds is 8. The summed E-state index contributed by atoms with van der Waals surface area (Å²) >= 11 is 0. The summed E-state index contributed by atoms with van der Waals surface area (Å²) in [5, 5.41) is 4.21. The Morgan fingerprint density at radius 3 is 2.24 bits per heavy atom. The summed E-state index contributed by atoms with van der Waals surface area (Å²) in [6.07, 6.45) is 1.75. The number of carbonyl (C=O) groups excluding carboxylic acids is 1. The summed E-state index contributed by atoms with van der Waals surface area (Å²) < 4.78 is 0. The number of anilines is 1. The number of hydrazone groups is 1. The Bertz CT molecular complexity index is 689. The molecule has 0 radical (unpaired) electrons. The van der Waals surface area contributed by atoms with Gasteiger partial charge in [-0.05, 0) is 63.4 Å². The Balaban J connectivity index is 1.88. The van der Waals surface area contributed by atoms with E-state index in [0.29, 0.717) is 5.56 Å². The number of nitrogens with one attached hydrogen (secondary N) is 1. The van der Waals surface area contributed by atoms with Crippen LogP contribution in [0.15, 0.2) is 59.7 Å². The molecule has 0 bridgehead atoms. The zero-order chi connectivity index (χ0) is 18.1. The molecule has 0 unspecified atom stereocenters. The fraction of sp³-hybridized carbons (Fsp3) is 0.333. The minimum Gasteiger partial charge on any atom is -0.372 e. The van der Waals surface area contributed by atoms with E-state index in [-0.39, 0.29) is 5.91 Å². The maximum atomic E-state index is 12.2. The van der Waals surface area contributed by atoms with Crippen LogP contribution >= 0.6 is 0 Å². The van der Waals surface area contributed by atoms with Gasteiger partial charge >= 0.3 is 0 Å². The summed E-state index contributed by atoms with van der Waals surface area (Å²) in [7, 11) is 0. The number of nitrogens with zero attached hydrogens (tertiary/aromatic N) is 2. The standard InChI is InChI=1S/C21H27N3O/c1-4-24(5-2)20-15-13-19(14-16-20)21(25)23-22-17(3)11-12-18-9-7-6-8-10-18/h6-10,13-16H,4-5,11-12H2,1-3H3,(H,23,25)/b22-17-. The summed E-state index contributed by atoms with van der Waals surface area (Å²) in [5.74, 6) is -0.176. The summed E-state index contributed by atoms with van der Waals surface area (Å²) in [5.41, 5.74) is 6.58. The first kappa shape index (κ1) is 18.7. The van der Waals surface area contributed by atoms with Crippen molar-refractivity contribution in [2.24, 2.45) is 5.10 Å². The number of amides is 1. The molecule has 0 aromatic heterocycles. The first-order valence-electron chi connectivity index (χ1n) is 8.86. The van der Waals surface area contributed by atoms with Gasteiger partial charge in [-0.25, -0.2) is 5.43 Å². The first-order valence-corrected chi connectivity index (χ1v) is 8.86. The molecule has 25 heavy (non-hydrogen) atoms. The van der Waals surface area contributed by atoms with Crippen LogP contribution < -0.4 is 10.3 Å². The van der Waals surface area contributed by atoms with Crippen molar-refractivity contribution in [3.63, 3.8) is 0 Å². The molecule has 2 aromatic carbocycles. The SMILES string of the molecule is CCN(CC)c1ccc(C(=O)N/N=C(/C)CCc2ccccc2)cc1. The molecule has 0 aliphatic heterocycles. The number of hydrogen-bond acceptors (Lipinski definition) is 3. The molecule has 1 amide bonds. The van der Waals surface area contributed by atoms with Gasteiger partial charge in [0.2, 0.25) is 0 Å². The molecule has 0 aliphatic rings. The second-order valence-corrected chi connectivity index (χ2v) is 5.99. The molecular weight excluding hydrogens is 310 g/mol. The maximum absolute atomic E-state index is 12.2. The van der Waals surface area contributed by atoms with E-state index in [4.69, 9.17) is 0 Å². The van der Waals surface area contributed by atoms with Crippen LogP contribution in [-0.2, 0) is 6.42 Å². The van der Waals surface area contributed by atoms with Gasteiger partial charge in [0.1, 0.15) is 0 Å². The Morgan fingerprint density at radius 1 is 1.00 bits per heavy atom. The van der Waals surface area contributed by atoms with E-state index < -0.39 is 0 Å². The highest BCUT2D eigenvalue weighted by Gasteiger charge is 2.07. The van der Waals surface area contributed by atoms with Crippen molar-refractivity contribution in [3.05, 3.63) is 65.7 Å². The van der Waals surface area contributed by atoms with Gasteiger partial charge in [-0.2, -0.15) is 5.10 Å². The molecule has 1 N–H and O–H groups in total. The van der Waals surface area contributed by atoms with Crippen molar-refractivity contribution in [2.45, 2.75) is 33.6 Å². The van der Waals surface area contributed by atoms with Gasteiger partial charge < -0.3 is 4.90 Å². The number of hydrogen-bond donors (Lipinski definition) is 1. The van der Waals surface area contributed by atoms with Crippen molar-refractivity contribution in [3.8, 4) is 0 Å². The second kappa shape index (κ2) is 9.62. The smallest absolute Gasteiger partial charge is 0.271 e. The van der Waals surface area contributed by atoms with Crippen LogP contribution in [0, 0.1) is 0 Å². The zero-order valence-corrected chi connectivity index (χ0v) is 15.3. The van der Waals surface area contributed by atoms with Crippen molar-refractivity contribution in [1.29, 1.82) is 0 Å². The van der Waals surface area contributed by atoms with Crippen LogP contribution in [0.2, 0.25) is 0 Å². The van der Waals surface area contributed by atoms with E-state index in [1.54, 1.807) is 0 Å². The van der Waals surface area contributed by atoms with Gasteiger partial charge in [0.05, 0.1) is 0 Å². The largest absolute Gasteiger partial charge is 0.372 e. The molecule has 2 rings (SSSR count). The Morgan fingerprint density at radius 2 is 1.64 bits per heavy atom. The van der Waals surface area contributed by atoms with Crippen molar-refractivity contribution in [1.82, 2.24) is 5.43 Å². The monoisotopic (exact) mass is 337 g/mol. The average molecular weight is 337 g/mol. The second-order valence-electron chi connectivity index (χ2n) is 5.99. The van der Waals surface area contributed by atoms with Crippen LogP contribution in [-0.4, -0.2) is 24.7 Å². The minimum absolute atomic E-state index is 0.176. The predicted octanol–water partition coefficient (Wildman–Crippen LogP) is 4.27. The van der Waals surface area contributed by atoms with E-state index >= 15 is 0 Å². The van der Waals surface area contributed by atoms with E-state index in [0.717, 1.165) is 37.3 Å². The maximum Gasteiger partial charge on any atom is 0.271 e. The molecule has 0 aliphatic carbocycles. The van der Waals surface area contributed by atoms with Crippen LogP contribution in [0.25, 0.3) is 0 Å². The van der Waals surface area contributed by atoms with Gasteiger partial charge in [0.15, 0.2) is 0 Å². The van der Waals surface area contributed by atoms with Gasteiger partial charge in [-0.1, -0.05) is 30.3 Å². The fourth-order valence-electron chi connectivity index (χ4n) is 2.65. The van der Waals surface area contributed by atoms with E-state index in [1.807, 2.05) is 49.4 Å². The molecule has 0 heterocycles. The van der Waals surface area contributed by atoms with Crippen LogP contribution in [0.3, 0.4) is 0 Å². The van der Waals surface area contributed by atoms with Gasteiger partial charge in [-0.3, -0.25) is 4.79 Å². The van der Waals surface area contributed by atoms with E-state index in [1.165, 1.54) is 5.56 Å². The van der Waals surface area contributed by atoms with Crippen molar-refractivity contribution < 1.29 is 4.79 Å². The lowest BCUT2D eigenvalue weighted by atomic mass is 10.1. The summed E-state index contributed by atoms with van der Waals surface area (Å²) in [6.45, 7) is 8.08. The molecule has 4 heteroatoms. The molecule has 0 saturated carbocycles. The lowest BCUT2D eigenvalue weighted by Gasteiger charge is -2.20. The van der Waals surface area contributed by atoms with Crippen LogP contribution in [0.1, 0.15) is 43.1 Å². The third-order valence-corrected chi connectivity index (χ3v) is 4.22. The quantitative estimate of drug-likeness (QED) is 0.577. The first-order chi connectivity index (χ1) is 12.1. The highest BCUT2D eigenvalue weighted by Crippen LogP contribution is 2.14. The highest BCUT2D eigenvalue weighted by molar-refractivity contribution is 5.95. The van der Waals surface area contributed by atoms with Crippen LogP contribution in [0.5, 0.6) is 0 Å². The average Bonchev–Trinajstić information content (AvgIpc) is 2.67. The number of aryl methyl sites for hydroxylation is 1. The highest BCUT2D eigenvalue weighted by atomic mass is 16.2. The third kappa shape index (κ3) is 5.75. The van der Waals surface area contributed by atoms with Crippen molar-refractivity contribution >= 4 is 17.3 Å². The molecule has 2 aromatic rings. The molecule has 0 fully saturated rings. The molecule has 0 spiro atoms. The Hall–Kier alpha value is -2.62. The van der Waals surface area contributed by atoms with Gasteiger partial charge in [-0.15, -0.1) is 0 Å². The van der Waals surface area contributed by atoms with E-state index in [2.05, 4.69) is 41.4 Å². The molecule has 0 atom stereocenters. The third-order valence-electron chi connectivity index (χ3n) is 4.22.